The number of benzene rings is 1. The van der Waals surface area contributed by atoms with Gasteiger partial charge in [0, 0.05) is 11.3 Å². The lowest BCUT2D eigenvalue weighted by Gasteiger charge is -2.45. The molecule has 1 aromatic carbocycles. The van der Waals surface area contributed by atoms with Gasteiger partial charge in [-0.05, 0) is 91.7 Å². The molecule has 0 aromatic heterocycles. The molecular formula is C32H45N. The van der Waals surface area contributed by atoms with Crippen molar-refractivity contribution in [2.24, 2.45) is 5.41 Å². The number of allylic oxidation sites excluding steroid dienone is 6. The summed E-state index contributed by atoms with van der Waals surface area (Å²) < 4.78 is 0. The fraction of sp³-hybridized carbons (Fsp3) is 0.469. The molecular weight excluding hydrogens is 398 g/mol. The van der Waals surface area contributed by atoms with Crippen molar-refractivity contribution < 1.29 is 0 Å². The van der Waals surface area contributed by atoms with Crippen molar-refractivity contribution in [2.75, 3.05) is 0 Å². The molecule has 1 spiro atoms. The summed E-state index contributed by atoms with van der Waals surface area (Å²) in [5.41, 5.74) is 8.69. The molecule has 1 aromatic rings. The normalized spacial score (nSPS) is 18.0. The second-order valence-electron chi connectivity index (χ2n) is 9.84. The molecule has 0 heterocycles. The molecule has 0 atom stereocenters. The first-order valence-electron chi connectivity index (χ1n) is 11.9. The Hall–Kier alpha value is -2.59. The molecule has 0 unspecified atom stereocenters. The number of hydrogen-bond acceptors (Lipinski definition) is 1. The number of nitrogens with one attached hydrogen (secondary N) is 1. The smallest absolute Gasteiger partial charge is 0.0306 e. The zero-order valence-corrected chi connectivity index (χ0v) is 21.1. The maximum absolute atomic E-state index is 6.85. The third kappa shape index (κ3) is 6.26. The molecule has 0 radical (unpaired) electrons. The van der Waals surface area contributed by atoms with E-state index in [4.69, 9.17) is 5.41 Å². The molecule has 0 saturated heterocycles. The van der Waals surface area contributed by atoms with Gasteiger partial charge >= 0.3 is 0 Å². The van der Waals surface area contributed by atoms with Crippen LogP contribution in [0, 0.1) is 22.7 Å². The Morgan fingerprint density at radius 3 is 2.21 bits per heavy atom. The standard InChI is InChI=1S/C26H32.C5H9N.CH4/c1-6-12-20(7-2)17-21(8-3)22-13-14-23-19-26(15-10-9-11-16-26)25(4,5)24(23)18-22;1-4(2)5(3)6;/h7-8,13-14,17-18H,3,9-11,15-16,19H2,1-2,4-5H3;6H,1H2,2-3H3;1H4/b20-7-,21-17+;;. The van der Waals surface area contributed by atoms with Crippen LogP contribution < -0.4 is 0 Å². The monoisotopic (exact) mass is 443 g/mol. The van der Waals surface area contributed by atoms with Gasteiger partial charge in [-0.3, -0.25) is 0 Å². The highest BCUT2D eigenvalue weighted by atomic mass is 14.6. The Balaban J connectivity index is 0.000000691. The molecule has 33 heavy (non-hydrogen) atoms. The van der Waals surface area contributed by atoms with Crippen LogP contribution in [0.25, 0.3) is 5.57 Å². The summed E-state index contributed by atoms with van der Waals surface area (Å²) in [5, 5.41) is 6.85. The third-order valence-electron chi connectivity index (χ3n) is 7.53. The highest BCUT2D eigenvalue weighted by Crippen LogP contribution is 2.58. The topological polar surface area (TPSA) is 23.9 Å². The second-order valence-corrected chi connectivity index (χ2v) is 9.84. The zero-order chi connectivity index (χ0) is 23.9. The van der Waals surface area contributed by atoms with Crippen LogP contribution in [0.5, 0.6) is 0 Å². The van der Waals surface area contributed by atoms with Crippen LogP contribution in [0.2, 0.25) is 0 Å². The van der Waals surface area contributed by atoms with E-state index < -0.39 is 0 Å². The van der Waals surface area contributed by atoms with Gasteiger partial charge in [0.1, 0.15) is 0 Å². The molecule has 2 aliphatic carbocycles. The molecule has 1 fully saturated rings. The summed E-state index contributed by atoms with van der Waals surface area (Å²) >= 11 is 0. The SMILES string of the molecule is C.C=C(C)C(C)=N.C=C/C(=C\C(C#CC)=C/C)c1ccc2c(c1)C(C)(C)C1(CCCCC1)C2. The number of rotatable bonds is 4. The molecule has 2 aliphatic rings. The Labute approximate surface area is 204 Å². The van der Waals surface area contributed by atoms with Gasteiger partial charge in [-0.25, -0.2) is 0 Å². The van der Waals surface area contributed by atoms with E-state index in [1.807, 2.05) is 26.8 Å². The van der Waals surface area contributed by atoms with Gasteiger partial charge in [0.05, 0.1) is 0 Å². The maximum atomic E-state index is 6.85. The van der Waals surface area contributed by atoms with Crippen LogP contribution in [0.4, 0.5) is 0 Å². The quantitative estimate of drug-likeness (QED) is 0.272. The second kappa shape index (κ2) is 12.0. The van der Waals surface area contributed by atoms with Gasteiger partial charge in [0.15, 0.2) is 0 Å². The lowest BCUT2D eigenvalue weighted by molar-refractivity contribution is 0.105. The van der Waals surface area contributed by atoms with E-state index in [-0.39, 0.29) is 12.8 Å². The minimum Gasteiger partial charge on any atom is -0.305 e. The van der Waals surface area contributed by atoms with Gasteiger partial charge in [0.2, 0.25) is 0 Å². The zero-order valence-electron chi connectivity index (χ0n) is 21.1. The molecule has 178 valence electrons. The molecule has 0 amide bonds. The summed E-state index contributed by atoms with van der Waals surface area (Å²) in [6.45, 7) is 20.0. The van der Waals surface area contributed by atoms with E-state index in [0.29, 0.717) is 11.1 Å². The Morgan fingerprint density at radius 1 is 1.12 bits per heavy atom. The lowest BCUT2D eigenvalue weighted by atomic mass is 9.59. The van der Waals surface area contributed by atoms with Crippen LogP contribution >= 0.6 is 0 Å². The highest BCUT2D eigenvalue weighted by molar-refractivity contribution is 5.94. The number of hydrogen-bond donors (Lipinski definition) is 1. The van der Waals surface area contributed by atoms with E-state index in [2.05, 4.69) is 69.2 Å². The molecule has 0 bridgehead atoms. The number of fused-ring (bicyclic) bond motifs is 1. The largest absolute Gasteiger partial charge is 0.305 e. The third-order valence-corrected chi connectivity index (χ3v) is 7.53. The molecule has 1 nitrogen and oxygen atoms in total. The van der Waals surface area contributed by atoms with E-state index in [1.54, 1.807) is 18.1 Å². The molecule has 1 saturated carbocycles. The van der Waals surface area contributed by atoms with Crippen LogP contribution in [-0.2, 0) is 11.8 Å². The highest BCUT2D eigenvalue weighted by Gasteiger charge is 2.51. The van der Waals surface area contributed by atoms with Crippen molar-refractivity contribution in [1.29, 1.82) is 5.41 Å². The van der Waals surface area contributed by atoms with Crippen LogP contribution in [0.3, 0.4) is 0 Å². The molecule has 3 rings (SSSR count). The van der Waals surface area contributed by atoms with E-state index in [9.17, 15) is 0 Å². The van der Waals surface area contributed by atoms with Crippen molar-refractivity contribution in [3.05, 3.63) is 77.4 Å². The van der Waals surface area contributed by atoms with Crippen molar-refractivity contribution in [3.63, 3.8) is 0 Å². The van der Waals surface area contributed by atoms with Crippen molar-refractivity contribution in [1.82, 2.24) is 0 Å². The van der Waals surface area contributed by atoms with E-state index in [1.165, 1.54) is 44.1 Å². The van der Waals surface area contributed by atoms with Crippen molar-refractivity contribution in [2.45, 2.75) is 92.9 Å². The summed E-state index contributed by atoms with van der Waals surface area (Å²) in [5.74, 6) is 6.16. The van der Waals surface area contributed by atoms with Gasteiger partial charge in [-0.15, -0.1) is 5.92 Å². The van der Waals surface area contributed by atoms with Gasteiger partial charge in [-0.2, -0.15) is 0 Å². The first kappa shape index (κ1) is 28.4. The Morgan fingerprint density at radius 2 is 1.73 bits per heavy atom. The van der Waals surface area contributed by atoms with Crippen molar-refractivity contribution >= 4 is 11.3 Å². The van der Waals surface area contributed by atoms with E-state index >= 15 is 0 Å². The summed E-state index contributed by atoms with van der Waals surface area (Å²) in [6, 6.07) is 7.07. The molecule has 0 aliphatic heterocycles. The van der Waals surface area contributed by atoms with Crippen LogP contribution in [0.15, 0.2) is 60.7 Å². The van der Waals surface area contributed by atoms with Gasteiger partial charge < -0.3 is 5.41 Å². The average molecular weight is 444 g/mol. The first-order chi connectivity index (χ1) is 15.1. The average Bonchev–Trinajstić information content (AvgIpc) is 2.97. The molecule has 1 heteroatoms. The lowest BCUT2D eigenvalue weighted by Crippen LogP contribution is -2.39. The minimum absolute atomic E-state index is 0. The van der Waals surface area contributed by atoms with Crippen molar-refractivity contribution in [3.8, 4) is 11.8 Å². The fourth-order valence-corrected chi connectivity index (χ4v) is 5.16. The van der Waals surface area contributed by atoms with Gasteiger partial charge in [-0.1, -0.05) is 90.0 Å². The first-order valence-corrected chi connectivity index (χ1v) is 11.9. The summed E-state index contributed by atoms with van der Waals surface area (Å²) in [4.78, 5) is 0. The van der Waals surface area contributed by atoms with E-state index in [0.717, 1.165) is 16.7 Å². The Bertz CT molecular complexity index is 983. The Kier molecular flexibility index (Phi) is 10.4. The minimum atomic E-state index is 0. The predicted octanol–water partition coefficient (Wildman–Crippen LogP) is 9.25. The van der Waals surface area contributed by atoms with Crippen LogP contribution in [-0.4, -0.2) is 5.71 Å². The molecule has 1 N–H and O–H groups in total. The summed E-state index contributed by atoms with van der Waals surface area (Å²) in [6.07, 6.45) is 14.4. The fourth-order valence-electron chi connectivity index (χ4n) is 5.16. The summed E-state index contributed by atoms with van der Waals surface area (Å²) in [7, 11) is 0. The predicted molar refractivity (Wildman–Crippen MR) is 149 cm³/mol. The maximum Gasteiger partial charge on any atom is 0.0306 e. The van der Waals surface area contributed by atoms with Gasteiger partial charge in [0.25, 0.3) is 0 Å². The van der Waals surface area contributed by atoms with Crippen LogP contribution in [0.1, 0.15) is 97.8 Å².